The number of amides is 1. The lowest BCUT2D eigenvalue weighted by Gasteiger charge is -2.05. The van der Waals surface area contributed by atoms with E-state index in [1.807, 2.05) is 44.2 Å². The standard InChI is InChI=1S/C14H18N4O/c1-9(2)12-11(15)13(18-17-12)14(19)16-8-10-6-4-3-5-7-10/h3-7,9H,8,15H2,1-2H3,(H,16,19)(H,17,18). The first kappa shape index (κ1) is 13.1. The van der Waals surface area contributed by atoms with Crippen LogP contribution in [0.2, 0.25) is 0 Å². The van der Waals surface area contributed by atoms with E-state index < -0.39 is 0 Å². The molecule has 0 bridgehead atoms. The molecule has 0 saturated heterocycles. The molecule has 0 spiro atoms. The number of aromatic amines is 1. The molecule has 0 saturated carbocycles. The fraction of sp³-hybridized carbons (Fsp3) is 0.286. The van der Waals surface area contributed by atoms with Gasteiger partial charge in [-0.2, -0.15) is 5.10 Å². The molecule has 4 N–H and O–H groups in total. The smallest absolute Gasteiger partial charge is 0.274 e. The first-order valence-corrected chi connectivity index (χ1v) is 6.25. The van der Waals surface area contributed by atoms with Crippen molar-refractivity contribution in [2.24, 2.45) is 0 Å². The van der Waals surface area contributed by atoms with Crippen LogP contribution in [0.4, 0.5) is 5.69 Å². The maximum absolute atomic E-state index is 12.0. The second kappa shape index (κ2) is 5.56. The number of rotatable bonds is 4. The number of anilines is 1. The minimum absolute atomic E-state index is 0.211. The van der Waals surface area contributed by atoms with Crippen molar-refractivity contribution < 1.29 is 4.79 Å². The van der Waals surface area contributed by atoms with Gasteiger partial charge in [-0.25, -0.2) is 0 Å². The third-order valence-electron chi connectivity index (χ3n) is 2.92. The van der Waals surface area contributed by atoms with Crippen LogP contribution in [0.1, 0.15) is 41.5 Å². The van der Waals surface area contributed by atoms with Gasteiger partial charge in [-0.05, 0) is 11.5 Å². The Morgan fingerprint density at radius 3 is 2.63 bits per heavy atom. The Morgan fingerprint density at radius 1 is 1.37 bits per heavy atom. The SMILES string of the molecule is CC(C)c1[nH]nc(C(=O)NCc2ccccc2)c1N. The molecule has 0 fully saturated rings. The number of nitrogens with zero attached hydrogens (tertiary/aromatic N) is 1. The Kier molecular flexibility index (Phi) is 3.85. The van der Waals surface area contributed by atoms with E-state index in [-0.39, 0.29) is 17.5 Å². The number of nitrogens with two attached hydrogens (primary N) is 1. The lowest BCUT2D eigenvalue weighted by molar-refractivity contribution is 0.0947. The lowest BCUT2D eigenvalue weighted by atomic mass is 10.1. The predicted molar refractivity (Wildman–Crippen MR) is 74.7 cm³/mol. The van der Waals surface area contributed by atoms with Crippen LogP contribution in [0.25, 0.3) is 0 Å². The van der Waals surface area contributed by atoms with Crippen LogP contribution < -0.4 is 11.1 Å². The number of carbonyl (C=O) groups is 1. The molecule has 1 heterocycles. The molecular weight excluding hydrogens is 240 g/mol. The van der Waals surface area contributed by atoms with Gasteiger partial charge in [0.05, 0.1) is 11.4 Å². The Balaban J connectivity index is 2.05. The van der Waals surface area contributed by atoms with Crippen LogP contribution in [0.3, 0.4) is 0 Å². The van der Waals surface area contributed by atoms with Crippen molar-refractivity contribution in [3.63, 3.8) is 0 Å². The molecule has 1 amide bonds. The summed E-state index contributed by atoms with van der Waals surface area (Å²) >= 11 is 0. The summed E-state index contributed by atoms with van der Waals surface area (Å²) in [6.07, 6.45) is 0. The third-order valence-corrected chi connectivity index (χ3v) is 2.92. The van der Waals surface area contributed by atoms with Crippen LogP contribution in [0.5, 0.6) is 0 Å². The van der Waals surface area contributed by atoms with Gasteiger partial charge in [0.1, 0.15) is 0 Å². The second-order valence-electron chi connectivity index (χ2n) is 4.72. The van der Waals surface area contributed by atoms with Crippen LogP contribution in [0.15, 0.2) is 30.3 Å². The number of nitrogen functional groups attached to an aromatic ring is 1. The zero-order valence-corrected chi connectivity index (χ0v) is 11.1. The van der Waals surface area contributed by atoms with Crippen molar-refractivity contribution in [2.75, 3.05) is 5.73 Å². The Labute approximate surface area is 112 Å². The molecule has 2 aromatic rings. The van der Waals surface area contributed by atoms with Gasteiger partial charge in [0.25, 0.3) is 5.91 Å². The summed E-state index contributed by atoms with van der Waals surface area (Å²) in [5, 5.41) is 9.61. The van der Waals surface area contributed by atoms with Gasteiger partial charge < -0.3 is 11.1 Å². The summed E-state index contributed by atoms with van der Waals surface area (Å²) in [5.74, 6) is -0.0484. The quantitative estimate of drug-likeness (QED) is 0.784. The van der Waals surface area contributed by atoms with E-state index in [1.165, 1.54) is 0 Å². The van der Waals surface area contributed by atoms with Gasteiger partial charge >= 0.3 is 0 Å². The van der Waals surface area contributed by atoms with E-state index in [9.17, 15) is 4.79 Å². The maximum Gasteiger partial charge on any atom is 0.274 e. The number of nitrogens with one attached hydrogen (secondary N) is 2. The highest BCUT2D eigenvalue weighted by atomic mass is 16.1. The summed E-state index contributed by atoms with van der Waals surface area (Å²) in [5.41, 5.74) is 8.45. The molecule has 0 aliphatic rings. The maximum atomic E-state index is 12.0. The zero-order valence-electron chi connectivity index (χ0n) is 11.1. The zero-order chi connectivity index (χ0) is 13.8. The van der Waals surface area contributed by atoms with Crippen molar-refractivity contribution in [1.82, 2.24) is 15.5 Å². The average molecular weight is 258 g/mol. The Morgan fingerprint density at radius 2 is 2.05 bits per heavy atom. The molecular formula is C14H18N4O. The highest BCUT2D eigenvalue weighted by molar-refractivity contribution is 5.97. The van der Waals surface area contributed by atoms with Crippen molar-refractivity contribution in [3.8, 4) is 0 Å². The van der Waals surface area contributed by atoms with E-state index in [0.29, 0.717) is 12.2 Å². The molecule has 0 aliphatic heterocycles. The monoisotopic (exact) mass is 258 g/mol. The van der Waals surface area contributed by atoms with Gasteiger partial charge in [0.15, 0.2) is 5.69 Å². The van der Waals surface area contributed by atoms with Crippen molar-refractivity contribution in [3.05, 3.63) is 47.3 Å². The summed E-state index contributed by atoms with van der Waals surface area (Å²) in [4.78, 5) is 12.0. The summed E-state index contributed by atoms with van der Waals surface area (Å²) < 4.78 is 0. The van der Waals surface area contributed by atoms with Crippen LogP contribution in [0, 0.1) is 0 Å². The van der Waals surface area contributed by atoms with Gasteiger partial charge in [-0.15, -0.1) is 0 Å². The number of hydrogen-bond acceptors (Lipinski definition) is 3. The first-order chi connectivity index (χ1) is 9.09. The molecule has 0 aliphatic carbocycles. The summed E-state index contributed by atoms with van der Waals surface area (Å²) in [6, 6.07) is 9.70. The second-order valence-corrected chi connectivity index (χ2v) is 4.72. The third kappa shape index (κ3) is 2.93. The highest BCUT2D eigenvalue weighted by Crippen LogP contribution is 2.21. The van der Waals surface area contributed by atoms with Crippen molar-refractivity contribution >= 4 is 11.6 Å². The lowest BCUT2D eigenvalue weighted by Crippen LogP contribution is -2.24. The molecule has 100 valence electrons. The van der Waals surface area contributed by atoms with Crippen molar-refractivity contribution in [2.45, 2.75) is 26.3 Å². The van der Waals surface area contributed by atoms with Crippen LogP contribution >= 0.6 is 0 Å². The van der Waals surface area contributed by atoms with Gasteiger partial charge in [-0.1, -0.05) is 44.2 Å². The van der Waals surface area contributed by atoms with Crippen molar-refractivity contribution in [1.29, 1.82) is 0 Å². The minimum atomic E-state index is -0.260. The van der Waals surface area contributed by atoms with E-state index in [2.05, 4.69) is 15.5 Å². The molecule has 5 heteroatoms. The number of aromatic nitrogens is 2. The molecule has 1 aromatic heterocycles. The minimum Gasteiger partial charge on any atom is -0.395 e. The fourth-order valence-corrected chi connectivity index (χ4v) is 1.84. The first-order valence-electron chi connectivity index (χ1n) is 6.25. The van der Waals surface area contributed by atoms with Crippen LogP contribution in [-0.2, 0) is 6.54 Å². The molecule has 1 aromatic carbocycles. The molecule has 19 heavy (non-hydrogen) atoms. The normalized spacial score (nSPS) is 10.7. The van der Waals surface area contributed by atoms with Gasteiger partial charge in [-0.3, -0.25) is 9.89 Å². The molecule has 2 rings (SSSR count). The van der Waals surface area contributed by atoms with Gasteiger partial charge in [0, 0.05) is 6.54 Å². The molecule has 0 unspecified atom stereocenters. The molecule has 0 radical (unpaired) electrons. The van der Waals surface area contributed by atoms with Crippen LogP contribution in [-0.4, -0.2) is 16.1 Å². The van der Waals surface area contributed by atoms with Gasteiger partial charge in [0.2, 0.25) is 0 Å². The topological polar surface area (TPSA) is 83.8 Å². The van der Waals surface area contributed by atoms with E-state index in [1.54, 1.807) is 0 Å². The summed E-state index contributed by atoms with van der Waals surface area (Å²) in [7, 11) is 0. The summed E-state index contributed by atoms with van der Waals surface area (Å²) in [6.45, 7) is 4.45. The number of benzene rings is 1. The Bertz CT molecular complexity index is 560. The number of H-pyrrole nitrogens is 1. The van der Waals surface area contributed by atoms with E-state index >= 15 is 0 Å². The largest absolute Gasteiger partial charge is 0.395 e. The molecule has 0 atom stereocenters. The average Bonchev–Trinajstić information content (AvgIpc) is 2.79. The fourth-order valence-electron chi connectivity index (χ4n) is 1.84. The number of hydrogen-bond donors (Lipinski definition) is 3. The van der Waals surface area contributed by atoms with E-state index in [4.69, 9.17) is 5.73 Å². The highest BCUT2D eigenvalue weighted by Gasteiger charge is 2.18. The molecule has 5 nitrogen and oxygen atoms in total. The van der Waals surface area contributed by atoms with E-state index in [0.717, 1.165) is 11.3 Å². The predicted octanol–water partition coefficient (Wildman–Crippen LogP) is 2.05. The number of carbonyl (C=O) groups excluding carboxylic acids is 1. The Hall–Kier alpha value is -2.30.